The molecule has 0 N–H and O–H groups in total. The first kappa shape index (κ1) is 15.2. The van der Waals surface area contributed by atoms with Crippen LogP contribution in [0.25, 0.3) is 0 Å². The van der Waals surface area contributed by atoms with Crippen LogP contribution < -0.4 is 4.90 Å². The van der Waals surface area contributed by atoms with Crippen molar-refractivity contribution in [1.29, 1.82) is 0 Å². The van der Waals surface area contributed by atoms with Crippen molar-refractivity contribution in [3.63, 3.8) is 0 Å². The van der Waals surface area contributed by atoms with Gasteiger partial charge in [0, 0.05) is 38.0 Å². The molecular weight excluding hydrogens is 268 g/mol. The molecule has 5 heteroatoms. The standard InChI is InChI=1S/C16H20N2O3/c1-2-6-14(19)17(13-7-4-3-5-8-13)11-12-18-15(20)9-10-16(18)21/h3-5,7-8H,2,6,9-12H2,1H3. The number of hydrogen-bond donors (Lipinski definition) is 0. The minimum atomic E-state index is -0.143. The normalized spacial score (nSPS) is 14.6. The Kier molecular flexibility index (Phi) is 5.09. The number of benzene rings is 1. The number of likely N-dealkylation sites (tertiary alicyclic amines) is 1. The van der Waals surface area contributed by atoms with Crippen LogP contribution in [0.15, 0.2) is 30.3 Å². The van der Waals surface area contributed by atoms with Gasteiger partial charge in [-0.1, -0.05) is 25.1 Å². The van der Waals surface area contributed by atoms with E-state index in [0.717, 1.165) is 12.1 Å². The fraction of sp³-hybridized carbons (Fsp3) is 0.438. The lowest BCUT2D eigenvalue weighted by Crippen LogP contribution is -2.40. The summed E-state index contributed by atoms with van der Waals surface area (Å²) in [5.74, 6) is -0.269. The summed E-state index contributed by atoms with van der Waals surface area (Å²) >= 11 is 0. The molecule has 0 aromatic heterocycles. The van der Waals surface area contributed by atoms with Gasteiger partial charge in [-0.3, -0.25) is 19.3 Å². The Hall–Kier alpha value is -2.17. The highest BCUT2D eigenvalue weighted by Crippen LogP contribution is 2.17. The lowest BCUT2D eigenvalue weighted by molar-refractivity contribution is -0.138. The zero-order valence-electron chi connectivity index (χ0n) is 12.2. The van der Waals surface area contributed by atoms with E-state index in [4.69, 9.17) is 0 Å². The van der Waals surface area contributed by atoms with E-state index in [-0.39, 0.29) is 37.1 Å². The number of hydrogen-bond acceptors (Lipinski definition) is 3. The molecule has 1 fully saturated rings. The number of rotatable bonds is 6. The molecule has 1 aromatic rings. The molecule has 1 aliphatic rings. The Labute approximate surface area is 124 Å². The average Bonchev–Trinajstić information content (AvgIpc) is 2.80. The maximum atomic E-state index is 12.2. The molecule has 0 unspecified atom stereocenters. The Morgan fingerprint density at radius 2 is 1.76 bits per heavy atom. The predicted molar refractivity (Wildman–Crippen MR) is 79.7 cm³/mol. The second-order valence-electron chi connectivity index (χ2n) is 5.07. The molecule has 0 aliphatic carbocycles. The molecule has 5 nitrogen and oxygen atoms in total. The maximum Gasteiger partial charge on any atom is 0.229 e. The Bertz CT molecular complexity index is 512. The van der Waals surface area contributed by atoms with E-state index in [0.29, 0.717) is 13.0 Å². The van der Waals surface area contributed by atoms with Gasteiger partial charge in [-0.05, 0) is 18.6 Å². The van der Waals surface area contributed by atoms with Crippen molar-refractivity contribution in [2.45, 2.75) is 32.6 Å². The number of nitrogens with zero attached hydrogens (tertiary/aromatic N) is 2. The molecule has 0 atom stereocenters. The monoisotopic (exact) mass is 288 g/mol. The van der Waals surface area contributed by atoms with Gasteiger partial charge in [0.05, 0.1) is 0 Å². The summed E-state index contributed by atoms with van der Waals surface area (Å²) in [5, 5.41) is 0. The van der Waals surface area contributed by atoms with Crippen LogP contribution in [-0.2, 0) is 14.4 Å². The van der Waals surface area contributed by atoms with Crippen molar-refractivity contribution in [2.24, 2.45) is 0 Å². The van der Waals surface area contributed by atoms with Gasteiger partial charge in [0.2, 0.25) is 17.7 Å². The molecule has 0 radical (unpaired) electrons. The van der Waals surface area contributed by atoms with Gasteiger partial charge in [-0.15, -0.1) is 0 Å². The highest BCUT2D eigenvalue weighted by Gasteiger charge is 2.29. The minimum absolute atomic E-state index is 0.0165. The van der Waals surface area contributed by atoms with Crippen LogP contribution in [0.1, 0.15) is 32.6 Å². The summed E-state index contributed by atoms with van der Waals surface area (Å²) in [6.07, 6.45) is 1.79. The summed E-state index contributed by atoms with van der Waals surface area (Å²) in [6, 6.07) is 9.35. The van der Waals surface area contributed by atoms with Crippen LogP contribution in [0.2, 0.25) is 0 Å². The fourth-order valence-electron chi connectivity index (χ4n) is 2.43. The first-order valence-electron chi connectivity index (χ1n) is 7.32. The molecule has 21 heavy (non-hydrogen) atoms. The lowest BCUT2D eigenvalue weighted by Gasteiger charge is -2.25. The van der Waals surface area contributed by atoms with Crippen LogP contribution >= 0.6 is 0 Å². The van der Waals surface area contributed by atoms with E-state index < -0.39 is 0 Å². The molecular formula is C16H20N2O3. The van der Waals surface area contributed by atoms with E-state index in [1.54, 1.807) is 4.90 Å². The van der Waals surface area contributed by atoms with Crippen LogP contribution in [0, 0.1) is 0 Å². The van der Waals surface area contributed by atoms with Crippen molar-refractivity contribution in [3.05, 3.63) is 30.3 Å². The summed E-state index contributed by atoms with van der Waals surface area (Å²) in [6.45, 7) is 2.57. The van der Waals surface area contributed by atoms with Gasteiger partial charge in [0.25, 0.3) is 0 Å². The van der Waals surface area contributed by atoms with Gasteiger partial charge in [-0.25, -0.2) is 0 Å². The van der Waals surface area contributed by atoms with Gasteiger partial charge < -0.3 is 4.90 Å². The third-order valence-electron chi connectivity index (χ3n) is 3.53. The topological polar surface area (TPSA) is 57.7 Å². The summed E-state index contributed by atoms with van der Waals surface area (Å²) < 4.78 is 0. The van der Waals surface area contributed by atoms with Crippen molar-refractivity contribution in [2.75, 3.05) is 18.0 Å². The quantitative estimate of drug-likeness (QED) is 0.752. The summed E-state index contributed by atoms with van der Waals surface area (Å²) in [5.41, 5.74) is 0.801. The van der Waals surface area contributed by atoms with E-state index in [1.807, 2.05) is 37.3 Å². The third kappa shape index (κ3) is 3.68. The van der Waals surface area contributed by atoms with Gasteiger partial charge in [0.15, 0.2) is 0 Å². The third-order valence-corrected chi connectivity index (χ3v) is 3.53. The molecule has 1 aromatic carbocycles. The van der Waals surface area contributed by atoms with E-state index in [2.05, 4.69) is 0 Å². The van der Waals surface area contributed by atoms with Crippen LogP contribution in [0.5, 0.6) is 0 Å². The molecule has 1 heterocycles. The maximum absolute atomic E-state index is 12.2. The van der Waals surface area contributed by atoms with Crippen molar-refractivity contribution in [1.82, 2.24) is 4.90 Å². The number of carbonyl (C=O) groups is 3. The number of imide groups is 1. The van der Waals surface area contributed by atoms with Gasteiger partial charge in [0.1, 0.15) is 0 Å². The number of anilines is 1. The van der Waals surface area contributed by atoms with E-state index >= 15 is 0 Å². The Balaban J connectivity index is 2.08. The number of carbonyl (C=O) groups excluding carboxylic acids is 3. The zero-order chi connectivity index (χ0) is 15.2. The minimum Gasteiger partial charge on any atom is -0.311 e. The van der Waals surface area contributed by atoms with Gasteiger partial charge >= 0.3 is 0 Å². The molecule has 0 saturated carbocycles. The average molecular weight is 288 g/mol. The van der Waals surface area contributed by atoms with Crippen LogP contribution in [-0.4, -0.2) is 35.7 Å². The smallest absolute Gasteiger partial charge is 0.229 e. The highest BCUT2D eigenvalue weighted by atomic mass is 16.2. The lowest BCUT2D eigenvalue weighted by atomic mass is 10.2. The predicted octanol–water partition coefficient (Wildman–Crippen LogP) is 1.97. The SMILES string of the molecule is CCCC(=O)N(CCN1C(=O)CCC1=O)c1ccccc1. The largest absolute Gasteiger partial charge is 0.311 e. The fourth-order valence-corrected chi connectivity index (χ4v) is 2.43. The highest BCUT2D eigenvalue weighted by molar-refractivity contribution is 6.02. The first-order valence-corrected chi connectivity index (χ1v) is 7.32. The van der Waals surface area contributed by atoms with Gasteiger partial charge in [-0.2, -0.15) is 0 Å². The van der Waals surface area contributed by atoms with Crippen LogP contribution in [0.3, 0.4) is 0 Å². The van der Waals surface area contributed by atoms with E-state index in [9.17, 15) is 14.4 Å². The van der Waals surface area contributed by atoms with E-state index in [1.165, 1.54) is 4.90 Å². The summed E-state index contributed by atoms with van der Waals surface area (Å²) in [7, 11) is 0. The zero-order valence-corrected chi connectivity index (χ0v) is 12.2. The number of para-hydroxylation sites is 1. The number of amides is 3. The molecule has 3 amide bonds. The van der Waals surface area contributed by atoms with Crippen molar-refractivity contribution < 1.29 is 14.4 Å². The molecule has 0 spiro atoms. The molecule has 2 rings (SSSR count). The second-order valence-corrected chi connectivity index (χ2v) is 5.07. The molecule has 1 saturated heterocycles. The van der Waals surface area contributed by atoms with Crippen molar-refractivity contribution >= 4 is 23.4 Å². The molecule has 0 bridgehead atoms. The van der Waals surface area contributed by atoms with Crippen molar-refractivity contribution in [3.8, 4) is 0 Å². The molecule has 112 valence electrons. The second kappa shape index (κ2) is 7.02. The Morgan fingerprint density at radius 1 is 1.14 bits per heavy atom. The summed E-state index contributed by atoms with van der Waals surface area (Å²) in [4.78, 5) is 38.4. The van der Waals surface area contributed by atoms with Crippen LogP contribution in [0.4, 0.5) is 5.69 Å². The Morgan fingerprint density at radius 3 is 2.33 bits per heavy atom. The molecule has 1 aliphatic heterocycles. The first-order chi connectivity index (χ1) is 10.1.